The molecule has 0 radical (unpaired) electrons. The second-order valence-corrected chi connectivity index (χ2v) is 6.24. The Morgan fingerprint density at radius 1 is 1.12 bits per heavy atom. The molecular formula is C19H14N2O4S. The third-order valence-corrected chi connectivity index (χ3v) is 4.45. The number of nitrogens with one attached hydrogen (secondary N) is 1. The molecule has 2 aromatic carbocycles. The molecule has 1 saturated heterocycles. The normalized spacial score (nSPS) is 17.7. The van der Waals surface area contributed by atoms with Crippen molar-refractivity contribution in [1.82, 2.24) is 5.32 Å². The van der Waals surface area contributed by atoms with Crippen molar-refractivity contribution in [3.05, 3.63) is 59.2 Å². The SMILES string of the molecule is Cc1ccccc1N1C(=O)C(=Cc2ccc3c(c2)OCO3)C(=O)NC1=S. The minimum atomic E-state index is -0.525. The van der Waals surface area contributed by atoms with Gasteiger partial charge in [0.05, 0.1) is 5.69 Å². The maximum Gasteiger partial charge on any atom is 0.270 e. The Kier molecular flexibility index (Phi) is 3.93. The lowest BCUT2D eigenvalue weighted by atomic mass is 10.1. The van der Waals surface area contributed by atoms with Gasteiger partial charge in [-0.2, -0.15) is 0 Å². The molecule has 0 bridgehead atoms. The zero-order valence-electron chi connectivity index (χ0n) is 13.8. The lowest BCUT2D eigenvalue weighted by Crippen LogP contribution is -2.54. The highest BCUT2D eigenvalue weighted by atomic mass is 32.1. The van der Waals surface area contributed by atoms with E-state index >= 15 is 0 Å². The second-order valence-electron chi connectivity index (χ2n) is 5.86. The summed E-state index contributed by atoms with van der Waals surface area (Å²) in [6.45, 7) is 2.03. The van der Waals surface area contributed by atoms with Crippen LogP contribution in [0.15, 0.2) is 48.0 Å². The zero-order valence-corrected chi connectivity index (χ0v) is 14.6. The van der Waals surface area contributed by atoms with Crippen LogP contribution in [-0.4, -0.2) is 23.7 Å². The van der Waals surface area contributed by atoms with E-state index in [4.69, 9.17) is 21.7 Å². The fourth-order valence-corrected chi connectivity index (χ4v) is 3.13. The molecule has 2 aromatic rings. The number of anilines is 1. The predicted molar refractivity (Wildman–Crippen MR) is 99.9 cm³/mol. The largest absolute Gasteiger partial charge is 0.454 e. The highest BCUT2D eigenvalue weighted by Crippen LogP contribution is 2.33. The van der Waals surface area contributed by atoms with Gasteiger partial charge in [0.2, 0.25) is 6.79 Å². The molecule has 7 heteroatoms. The molecule has 0 spiro atoms. The van der Waals surface area contributed by atoms with Crippen LogP contribution in [0.1, 0.15) is 11.1 Å². The Bertz CT molecular complexity index is 983. The number of rotatable bonds is 2. The number of hydrogen-bond acceptors (Lipinski definition) is 5. The van der Waals surface area contributed by atoms with Crippen LogP contribution in [0.5, 0.6) is 11.5 Å². The number of amides is 2. The summed E-state index contributed by atoms with van der Waals surface area (Å²) in [6, 6.07) is 12.6. The van der Waals surface area contributed by atoms with E-state index in [1.54, 1.807) is 24.3 Å². The number of aryl methyl sites for hydroxylation is 1. The first-order valence-electron chi connectivity index (χ1n) is 7.91. The first kappa shape index (κ1) is 16.3. The third kappa shape index (κ3) is 2.72. The van der Waals surface area contributed by atoms with Gasteiger partial charge in [-0.15, -0.1) is 0 Å². The Balaban J connectivity index is 1.74. The molecule has 2 aliphatic rings. The fourth-order valence-electron chi connectivity index (χ4n) is 2.86. The third-order valence-electron chi connectivity index (χ3n) is 4.17. The zero-order chi connectivity index (χ0) is 18.3. The van der Waals surface area contributed by atoms with Crippen LogP contribution in [0.25, 0.3) is 6.08 Å². The van der Waals surface area contributed by atoms with Crippen molar-refractivity contribution in [1.29, 1.82) is 0 Å². The first-order valence-corrected chi connectivity index (χ1v) is 8.32. The van der Waals surface area contributed by atoms with Gasteiger partial charge in [0, 0.05) is 0 Å². The topological polar surface area (TPSA) is 67.9 Å². The molecule has 0 aliphatic carbocycles. The minimum Gasteiger partial charge on any atom is -0.454 e. The Hall–Kier alpha value is -3.19. The molecule has 0 unspecified atom stereocenters. The van der Waals surface area contributed by atoms with E-state index in [-0.39, 0.29) is 17.5 Å². The van der Waals surface area contributed by atoms with Crippen LogP contribution < -0.4 is 19.7 Å². The van der Waals surface area contributed by atoms with Crippen molar-refractivity contribution in [2.45, 2.75) is 6.92 Å². The number of benzene rings is 2. The Morgan fingerprint density at radius 2 is 1.88 bits per heavy atom. The molecule has 26 heavy (non-hydrogen) atoms. The number of hydrogen-bond donors (Lipinski definition) is 1. The number of nitrogens with zero attached hydrogens (tertiary/aromatic N) is 1. The van der Waals surface area contributed by atoms with E-state index < -0.39 is 11.8 Å². The van der Waals surface area contributed by atoms with Crippen LogP contribution in [0.2, 0.25) is 0 Å². The second kappa shape index (κ2) is 6.27. The summed E-state index contributed by atoms with van der Waals surface area (Å²) in [5, 5.41) is 2.65. The molecule has 0 saturated carbocycles. The number of carbonyl (C=O) groups excluding carboxylic acids is 2. The van der Waals surface area contributed by atoms with E-state index in [0.29, 0.717) is 22.7 Å². The number of carbonyl (C=O) groups is 2. The summed E-state index contributed by atoms with van der Waals surface area (Å²) < 4.78 is 10.6. The molecule has 1 fully saturated rings. The molecular weight excluding hydrogens is 352 g/mol. The van der Waals surface area contributed by atoms with E-state index in [2.05, 4.69) is 5.32 Å². The van der Waals surface area contributed by atoms with Crippen molar-refractivity contribution in [2.24, 2.45) is 0 Å². The number of thiocarbonyl (C=S) groups is 1. The van der Waals surface area contributed by atoms with Gasteiger partial charge in [-0.05, 0) is 54.5 Å². The molecule has 2 heterocycles. The van der Waals surface area contributed by atoms with Gasteiger partial charge in [-0.3, -0.25) is 19.8 Å². The lowest BCUT2D eigenvalue weighted by molar-refractivity contribution is -0.122. The average Bonchev–Trinajstić information content (AvgIpc) is 3.08. The number of para-hydroxylation sites is 1. The van der Waals surface area contributed by atoms with Gasteiger partial charge in [0.25, 0.3) is 11.8 Å². The molecule has 1 N–H and O–H groups in total. The van der Waals surface area contributed by atoms with Crippen molar-refractivity contribution >= 4 is 40.9 Å². The van der Waals surface area contributed by atoms with E-state index in [1.807, 2.05) is 25.1 Å². The van der Waals surface area contributed by atoms with Crippen molar-refractivity contribution < 1.29 is 19.1 Å². The standard InChI is InChI=1S/C19H14N2O4S/c1-11-4-2-3-5-14(11)21-18(23)13(17(22)20-19(21)26)8-12-6-7-15-16(9-12)25-10-24-15/h2-9H,10H2,1H3,(H,20,22,26). The summed E-state index contributed by atoms with van der Waals surface area (Å²) in [5.74, 6) is 0.219. The molecule has 2 aliphatic heterocycles. The van der Waals surface area contributed by atoms with Crippen LogP contribution in [-0.2, 0) is 9.59 Å². The number of fused-ring (bicyclic) bond motifs is 1. The fraction of sp³-hybridized carbons (Fsp3) is 0.105. The van der Waals surface area contributed by atoms with Gasteiger partial charge in [0.15, 0.2) is 16.6 Å². The van der Waals surface area contributed by atoms with Crippen molar-refractivity contribution in [3.8, 4) is 11.5 Å². The lowest BCUT2D eigenvalue weighted by Gasteiger charge is -2.30. The Labute approximate surface area is 155 Å². The highest BCUT2D eigenvalue weighted by molar-refractivity contribution is 7.80. The first-order chi connectivity index (χ1) is 12.5. The van der Waals surface area contributed by atoms with Crippen LogP contribution in [0.3, 0.4) is 0 Å². The van der Waals surface area contributed by atoms with E-state index in [9.17, 15) is 9.59 Å². The van der Waals surface area contributed by atoms with Crippen molar-refractivity contribution in [3.63, 3.8) is 0 Å². The highest BCUT2D eigenvalue weighted by Gasteiger charge is 2.35. The summed E-state index contributed by atoms with van der Waals surface area (Å²) in [7, 11) is 0. The predicted octanol–water partition coefficient (Wildman–Crippen LogP) is 2.56. The van der Waals surface area contributed by atoms with E-state index in [0.717, 1.165) is 5.56 Å². The van der Waals surface area contributed by atoms with Gasteiger partial charge in [0.1, 0.15) is 5.57 Å². The van der Waals surface area contributed by atoms with Crippen LogP contribution in [0, 0.1) is 6.92 Å². The summed E-state index contributed by atoms with van der Waals surface area (Å²) >= 11 is 5.21. The smallest absolute Gasteiger partial charge is 0.270 e. The van der Waals surface area contributed by atoms with Gasteiger partial charge in [-0.1, -0.05) is 24.3 Å². The summed E-state index contributed by atoms with van der Waals surface area (Å²) in [5.41, 5.74) is 2.17. The molecule has 130 valence electrons. The number of ether oxygens (including phenoxy) is 2. The quantitative estimate of drug-likeness (QED) is 0.503. The minimum absolute atomic E-state index is 0.000665. The maximum atomic E-state index is 13.0. The van der Waals surface area contributed by atoms with E-state index in [1.165, 1.54) is 11.0 Å². The summed E-state index contributed by atoms with van der Waals surface area (Å²) in [6.07, 6.45) is 1.52. The molecule has 4 rings (SSSR count). The average molecular weight is 366 g/mol. The maximum absolute atomic E-state index is 13.0. The van der Waals surface area contributed by atoms with Crippen LogP contribution >= 0.6 is 12.2 Å². The molecule has 6 nitrogen and oxygen atoms in total. The van der Waals surface area contributed by atoms with Crippen LogP contribution in [0.4, 0.5) is 5.69 Å². The molecule has 2 amide bonds. The molecule has 0 aromatic heterocycles. The van der Waals surface area contributed by atoms with Gasteiger partial charge >= 0.3 is 0 Å². The van der Waals surface area contributed by atoms with Gasteiger partial charge < -0.3 is 9.47 Å². The Morgan fingerprint density at radius 3 is 2.69 bits per heavy atom. The van der Waals surface area contributed by atoms with Crippen molar-refractivity contribution in [2.75, 3.05) is 11.7 Å². The summed E-state index contributed by atoms with van der Waals surface area (Å²) in [4.78, 5) is 26.7. The molecule has 0 atom stereocenters. The van der Waals surface area contributed by atoms with Gasteiger partial charge in [-0.25, -0.2) is 0 Å². The monoisotopic (exact) mass is 366 g/mol.